The summed E-state index contributed by atoms with van der Waals surface area (Å²) in [6.45, 7) is 6.63. The highest BCUT2D eigenvalue weighted by Gasteiger charge is 2.20. The van der Waals surface area contributed by atoms with Gasteiger partial charge in [0.1, 0.15) is 6.04 Å². The maximum absolute atomic E-state index is 11.5. The van der Waals surface area contributed by atoms with Crippen LogP contribution < -0.4 is 10.6 Å². The SMILES string of the molecule is CCCCCCCNC(=O)NC(CC(C)C)C(=O)O. The Balaban J connectivity index is 3.78. The van der Waals surface area contributed by atoms with E-state index in [4.69, 9.17) is 5.11 Å². The van der Waals surface area contributed by atoms with E-state index in [1.54, 1.807) is 0 Å². The highest BCUT2D eigenvalue weighted by Crippen LogP contribution is 2.05. The van der Waals surface area contributed by atoms with Gasteiger partial charge in [0, 0.05) is 6.54 Å². The van der Waals surface area contributed by atoms with E-state index in [0.29, 0.717) is 13.0 Å². The molecule has 0 rings (SSSR count). The molecule has 0 bridgehead atoms. The Labute approximate surface area is 116 Å². The summed E-state index contributed by atoms with van der Waals surface area (Å²) in [5.74, 6) is -0.748. The van der Waals surface area contributed by atoms with Gasteiger partial charge in [-0.25, -0.2) is 9.59 Å². The molecule has 0 aliphatic carbocycles. The summed E-state index contributed by atoms with van der Waals surface area (Å²) in [6.07, 6.45) is 6.09. The second-order valence-corrected chi connectivity index (χ2v) is 5.33. The highest BCUT2D eigenvalue weighted by molar-refractivity contribution is 5.82. The van der Waals surface area contributed by atoms with Crippen molar-refractivity contribution >= 4 is 12.0 Å². The molecule has 0 aliphatic heterocycles. The van der Waals surface area contributed by atoms with Crippen molar-refractivity contribution in [2.45, 2.75) is 65.3 Å². The fourth-order valence-corrected chi connectivity index (χ4v) is 1.83. The van der Waals surface area contributed by atoms with Gasteiger partial charge in [-0.2, -0.15) is 0 Å². The van der Waals surface area contributed by atoms with Crippen molar-refractivity contribution in [3.63, 3.8) is 0 Å². The van der Waals surface area contributed by atoms with Crippen molar-refractivity contribution < 1.29 is 14.7 Å². The Morgan fingerprint density at radius 3 is 2.26 bits per heavy atom. The van der Waals surface area contributed by atoms with Crippen LogP contribution in [0.1, 0.15) is 59.3 Å². The van der Waals surface area contributed by atoms with Crippen molar-refractivity contribution in [3.8, 4) is 0 Å². The highest BCUT2D eigenvalue weighted by atomic mass is 16.4. The summed E-state index contributed by atoms with van der Waals surface area (Å²) in [4.78, 5) is 22.5. The summed E-state index contributed by atoms with van der Waals surface area (Å²) in [5, 5.41) is 14.2. The first-order valence-electron chi connectivity index (χ1n) is 7.24. The molecule has 0 aromatic carbocycles. The van der Waals surface area contributed by atoms with Crippen LogP contribution in [-0.4, -0.2) is 29.7 Å². The smallest absolute Gasteiger partial charge is 0.326 e. The maximum atomic E-state index is 11.5. The predicted octanol–water partition coefficient (Wildman–Crippen LogP) is 2.76. The third-order valence-electron chi connectivity index (χ3n) is 2.88. The number of carbonyl (C=O) groups excluding carboxylic acids is 1. The van der Waals surface area contributed by atoms with Gasteiger partial charge in [0.2, 0.25) is 0 Å². The van der Waals surface area contributed by atoms with E-state index >= 15 is 0 Å². The van der Waals surface area contributed by atoms with Crippen LogP contribution in [0.4, 0.5) is 4.79 Å². The van der Waals surface area contributed by atoms with E-state index in [9.17, 15) is 9.59 Å². The minimum absolute atomic E-state index is 0.232. The number of hydrogen-bond acceptors (Lipinski definition) is 2. The molecule has 0 saturated carbocycles. The molecule has 0 saturated heterocycles. The number of carboxylic acids is 1. The van der Waals surface area contributed by atoms with Crippen LogP contribution in [0.15, 0.2) is 0 Å². The topological polar surface area (TPSA) is 78.4 Å². The van der Waals surface area contributed by atoms with Gasteiger partial charge in [-0.15, -0.1) is 0 Å². The number of rotatable bonds is 10. The van der Waals surface area contributed by atoms with Crippen molar-refractivity contribution in [3.05, 3.63) is 0 Å². The van der Waals surface area contributed by atoms with Crippen LogP contribution in [0.2, 0.25) is 0 Å². The van der Waals surface area contributed by atoms with Crippen LogP contribution in [0.25, 0.3) is 0 Å². The van der Waals surface area contributed by atoms with E-state index in [1.165, 1.54) is 19.3 Å². The van der Waals surface area contributed by atoms with Crippen molar-refractivity contribution in [1.29, 1.82) is 0 Å². The quantitative estimate of drug-likeness (QED) is 0.535. The normalized spacial score (nSPS) is 12.2. The lowest BCUT2D eigenvalue weighted by Gasteiger charge is -2.16. The summed E-state index contributed by atoms with van der Waals surface area (Å²) in [7, 11) is 0. The van der Waals surface area contributed by atoms with Crippen LogP contribution >= 0.6 is 0 Å². The number of aliphatic carboxylic acids is 1. The van der Waals surface area contributed by atoms with Gasteiger partial charge in [-0.3, -0.25) is 0 Å². The molecule has 5 nitrogen and oxygen atoms in total. The number of amides is 2. The zero-order valence-corrected chi connectivity index (χ0v) is 12.4. The fourth-order valence-electron chi connectivity index (χ4n) is 1.83. The molecule has 1 unspecified atom stereocenters. The van der Waals surface area contributed by atoms with Crippen molar-refractivity contribution in [2.75, 3.05) is 6.54 Å². The molecule has 5 heteroatoms. The standard InChI is InChI=1S/C14H28N2O3/c1-4-5-6-7-8-9-15-14(19)16-12(13(17)18)10-11(2)3/h11-12H,4-10H2,1-3H3,(H,17,18)(H2,15,16,19). The zero-order chi connectivity index (χ0) is 14.7. The third kappa shape index (κ3) is 10.4. The Bertz CT molecular complexity index is 267. The van der Waals surface area contributed by atoms with Gasteiger partial charge in [-0.05, 0) is 18.8 Å². The molecule has 0 aromatic heterocycles. The van der Waals surface area contributed by atoms with E-state index in [1.807, 2.05) is 13.8 Å². The molecule has 0 fully saturated rings. The number of urea groups is 1. The largest absolute Gasteiger partial charge is 0.480 e. The van der Waals surface area contributed by atoms with Crippen LogP contribution in [0.5, 0.6) is 0 Å². The molecule has 0 radical (unpaired) electrons. The van der Waals surface area contributed by atoms with Gasteiger partial charge in [0.05, 0.1) is 0 Å². The Morgan fingerprint density at radius 2 is 1.74 bits per heavy atom. The zero-order valence-electron chi connectivity index (χ0n) is 12.4. The van der Waals surface area contributed by atoms with E-state index in [2.05, 4.69) is 17.6 Å². The number of nitrogens with one attached hydrogen (secondary N) is 2. The molecule has 112 valence electrons. The summed E-state index contributed by atoms with van der Waals surface area (Å²) in [6, 6.07) is -1.19. The average molecular weight is 272 g/mol. The molecule has 1 atom stereocenters. The van der Waals surface area contributed by atoms with Crippen LogP contribution in [0, 0.1) is 5.92 Å². The monoisotopic (exact) mass is 272 g/mol. The molecule has 0 aliphatic rings. The van der Waals surface area contributed by atoms with Crippen LogP contribution in [-0.2, 0) is 4.79 Å². The second kappa shape index (κ2) is 10.6. The van der Waals surface area contributed by atoms with Gasteiger partial charge < -0.3 is 15.7 Å². The molecule has 0 spiro atoms. The average Bonchev–Trinajstić information content (AvgIpc) is 2.32. The first-order chi connectivity index (χ1) is 8.97. The molecule has 0 aromatic rings. The Kier molecular flexibility index (Phi) is 9.94. The third-order valence-corrected chi connectivity index (χ3v) is 2.88. The summed E-state index contributed by atoms with van der Waals surface area (Å²) >= 11 is 0. The predicted molar refractivity (Wildman–Crippen MR) is 76.2 cm³/mol. The Hall–Kier alpha value is -1.26. The fraction of sp³-hybridized carbons (Fsp3) is 0.857. The molecular formula is C14H28N2O3. The van der Waals surface area contributed by atoms with Gasteiger partial charge in [0.15, 0.2) is 0 Å². The first kappa shape index (κ1) is 17.7. The van der Waals surface area contributed by atoms with Gasteiger partial charge in [-0.1, -0.05) is 46.5 Å². The number of carbonyl (C=O) groups is 2. The molecule has 3 N–H and O–H groups in total. The minimum Gasteiger partial charge on any atom is -0.480 e. The van der Waals surface area contributed by atoms with Crippen LogP contribution in [0.3, 0.4) is 0 Å². The van der Waals surface area contributed by atoms with E-state index in [0.717, 1.165) is 12.8 Å². The van der Waals surface area contributed by atoms with Crippen molar-refractivity contribution in [1.82, 2.24) is 10.6 Å². The van der Waals surface area contributed by atoms with E-state index < -0.39 is 12.0 Å². The number of carboxylic acid groups (broad SMARTS) is 1. The minimum atomic E-state index is -0.980. The number of unbranched alkanes of at least 4 members (excludes halogenated alkanes) is 4. The second-order valence-electron chi connectivity index (χ2n) is 5.33. The van der Waals surface area contributed by atoms with Gasteiger partial charge in [0.25, 0.3) is 0 Å². The molecular weight excluding hydrogens is 244 g/mol. The van der Waals surface area contributed by atoms with Gasteiger partial charge >= 0.3 is 12.0 Å². The summed E-state index contributed by atoms with van der Waals surface area (Å²) < 4.78 is 0. The maximum Gasteiger partial charge on any atom is 0.326 e. The molecule has 0 heterocycles. The lowest BCUT2D eigenvalue weighted by Crippen LogP contribution is -2.46. The lowest BCUT2D eigenvalue weighted by atomic mass is 10.0. The van der Waals surface area contributed by atoms with E-state index in [-0.39, 0.29) is 11.9 Å². The Morgan fingerprint density at radius 1 is 1.11 bits per heavy atom. The molecule has 19 heavy (non-hydrogen) atoms. The molecule has 2 amide bonds. The first-order valence-corrected chi connectivity index (χ1v) is 7.24. The number of hydrogen-bond donors (Lipinski definition) is 3. The van der Waals surface area contributed by atoms with Crippen molar-refractivity contribution in [2.24, 2.45) is 5.92 Å². The lowest BCUT2D eigenvalue weighted by molar-refractivity contribution is -0.139. The summed E-state index contributed by atoms with van der Waals surface area (Å²) in [5.41, 5.74) is 0.